The van der Waals surface area contributed by atoms with Crippen LogP contribution in [0.4, 0.5) is 5.69 Å². The molecule has 0 spiro atoms. The number of hydrogen-bond donors (Lipinski definition) is 0. The van der Waals surface area contributed by atoms with Crippen molar-refractivity contribution in [3.8, 4) is 0 Å². The predicted octanol–water partition coefficient (Wildman–Crippen LogP) is 2.94. The van der Waals surface area contributed by atoms with Crippen LogP contribution in [0.1, 0.15) is 29.9 Å². The third kappa shape index (κ3) is 1.69. The number of benzene rings is 1. The Morgan fingerprint density at radius 1 is 1.23 bits per heavy atom. The van der Waals surface area contributed by atoms with Crippen molar-refractivity contribution < 1.29 is 0 Å². The van der Waals surface area contributed by atoms with E-state index in [1.165, 1.54) is 29.7 Å². The zero-order chi connectivity index (χ0) is 9.42. The summed E-state index contributed by atoms with van der Waals surface area (Å²) >= 11 is 0. The van der Waals surface area contributed by atoms with Gasteiger partial charge < -0.3 is 4.90 Å². The minimum absolute atomic E-state index is 0.860. The zero-order valence-electron chi connectivity index (χ0n) is 8.67. The summed E-state index contributed by atoms with van der Waals surface area (Å²) in [6.07, 6.45) is 2.77. The monoisotopic (exact) mass is 175 g/mol. The molecule has 1 aromatic rings. The van der Waals surface area contributed by atoms with Gasteiger partial charge >= 0.3 is 0 Å². The highest BCUT2D eigenvalue weighted by Crippen LogP contribution is 2.41. The Hall–Kier alpha value is -0.980. The minimum atomic E-state index is 0.860. The second kappa shape index (κ2) is 3.06. The average molecular weight is 175 g/mol. The summed E-state index contributed by atoms with van der Waals surface area (Å²) in [4.78, 5) is 2.20. The van der Waals surface area contributed by atoms with Crippen LogP contribution in [0.15, 0.2) is 18.2 Å². The van der Waals surface area contributed by atoms with E-state index in [-0.39, 0.29) is 0 Å². The third-order valence-corrected chi connectivity index (χ3v) is 2.76. The highest BCUT2D eigenvalue weighted by atomic mass is 15.1. The Morgan fingerprint density at radius 2 is 1.92 bits per heavy atom. The van der Waals surface area contributed by atoms with Crippen molar-refractivity contribution in [3.05, 3.63) is 29.3 Å². The zero-order valence-corrected chi connectivity index (χ0v) is 8.67. The number of nitrogens with zero attached hydrogens (tertiary/aromatic N) is 1. The maximum absolute atomic E-state index is 2.34. The van der Waals surface area contributed by atoms with Crippen LogP contribution in [0.2, 0.25) is 0 Å². The first-order valence-electron chi connectivity index (χ1n) is 4.96. The summed E-state index contributed by atoms with van der Waals surface area (Å²) in [7, 11) is 4.22. The van der Waals surface area contributed by atoms with E-state index < -0.39 is 0 Å². The second-order valence-corrected chi connectivity index (χ2v) is 4.21. The van der Waals surface area contributed by atoms with Gasteiger partial charge in [0.05, 0.1) is 0 Å². The lowest BCUT2D eigenvalue weighted by Crippen LogP contribution is -2.10. The molecule has 1 aromatic carbocycles. The molecular formula is C12H17N. The van der Waals surface area contributed by atoms with E-state index in [2.05, 4.69) is 44.1 Å². The number of hydrogen-bond acceptors (Lipinski definition) is 1. The quantitative estimate of drug-likeness (QED) is 0.668. The highest BCUT2D eigenvalue weighted by Gasteiger charge is 2.23. The molecule has 0 N–H and O–H groups in total. The maximum Gasteiger partial charge on any atom is 0.0393 e. The molecule has 0 bridgehead atoms. The molecule has 1 nitrogen and oxygen atoms in total. The van der Waals surface area contributed by atoms with Gasteiger partial charge in [-0.05, 0) is 42.9 Å². The topological polar surface area (TPSA) is 3.24 Å². The van der Waals surface area contributed by atoms with Crippen LogP contribution in [0, 0.1) is 6.92 Å². The Bertz CT molecular complexity index is 311. The molecule has 70 valence electrons. The van der Waals surface area contributed by atoms with Crippen molar-refractivity contribution in [3.63, 3.8) is 0 Å². The van der Waals surface area contributed by atoms with Crippen molar-refractivity contribution in [1.82, 2.24) is 0 Å². The van der Waals surface area contributed by atoms with Crippen LogP contribution >= 0.6 is 0 Å². The van der Waals surface area contributed by atoms with Gasteiger partial charge in [0.1, 0.15) is 0 Å². The van der Waals surface area contributed by atoms with E-state index in [0.29, 0.717) is 0 Å². The normalized spacial score (nSPS) is 15.9. The third-order valence-electron chi connectivity index (χ3n) is 2.76. The molecule has 0 saturated heterocycles. The number of rotatable bonds is 2. The number of anilines is 1. The van der Waals surface area contributed by atoms with Gasteiger partial charge in [-0.25, -0.2) is 0 Å². The van der Waals surface area contributed by atoms with Crippen molar-refractivity contribution in [1.29, 1.82) is 0 Å². The lowest BCUT2D eigenvalue weighted by Gasteiger charge is -2.16. The average Bonchev–Trinajstić information content (AvgIpc) is 2.87. The molecule has 0 unspecified atom stereocenters. The van der Waals surface area contributed by atoms with Gasteiger partial charge in [-0.15, -0.1) is 0 Å². The van der Waals surface area contributed by atoms with Crippen LogP contribution in [-0.2, 0) is 0 Å². The molecule has 13 heavy (non-hydrogen) atoms. The van der Waals surface area contributed by atoms with Gasteiger partial charge in [-0.3, -0.25) is 0 Å². The first-order valence-corrected chi connectivity index (χ1v) is 4.96. The van der Waals surface area contributed by atoms with Crippen molar-refractivity contribution in [2.45, 2.75) is 25.7 Å². The first-order chi connectivity index (χ1) is 6.18. The summed E-state index contributed by atoms with van der Waals surface area (Å²) in [6, 6.07) is 6.86. The van der Waals surface area contributed by atoms with Gasteiger partial charge in [0.15, 0.2) is 0 Å². The van der Waals surface area contributed by atoms with Gasteiger partial charge in [-0.1, -0.05) is 12.1 Å². The lowest BCUT2D eigenvalue weighted by molar-refractivity contribution is 1.08. The van der Waals surface area contributed by atoms with Crippen LogP contribution in [0.5, 0.6) is 0 Å². The molecule has 0 radical (unpaired) electrons. The summed E-state index contributed by atoms with van der Waals surface area (Å²) in [5.41, 5.74) is 4.26. The molecule has 0 amide bonds. The largest absolute Gasteiger partial charge is 0.377 e. The molecule has 1 fully saturated rings. The molecule has 1 saturated carbocycles. The van der Waals surface area contributed by atoms with Gasteiger partial charge in [0, 0.05) is 19.8 Å². The van der Waals surface area contributed by atoms with E-state index in [1.807, 2.05) is 0 Å². The van der Waals surface area contributed by atoms with Gasteiger partial charge in [0.2, 0.25) is 0 Å². The highest BCUT2D eigenvalue weighted by molar-refractivity contribution is 5.54. The summed E-state index contributed by atoms with van der Waals surface area (Å²) in [6.45, 7) is 2.17. The fourth-order valence-electron chi connectivity index (χ4n) is 1.78. The Morgan fingerprint density at radius 3 is 2.46 bits per heavy atom. The van der Waals surface area contributed by atoms with Crippen LogP contribution in [-0.4, -0.2) is 14.1 Å². The minimum Gasteiger partial charge on any atom is -0.377 e. The fourth-order valence-corrected chi connectivity index (χ4v) is 1.78. The standard InChI is InChI=1S/C12H17N/c1-9-4-5-11(10-6-7-10)8-12(9)13(2)3/h4-5,8,10H,6-7H2,1-3H3. The second-order valence-electron chi connectivity index (χ2n) is 4.21. The lowest BCUT2D eigenvalue weighted by atomic mass is 10.1. The predicted molar refractivity (Wildman–Crippen MR) is 57.5 cm³/mol. The fraction of sp³-hybridized carbons (Fsp3) is 0.500. The molecule has 1 heteroatoms. The van der Waals surface area contributed by atoms with E-state index in [0.717, 1.165) is 5.92 Å². The summed E-state index contributed by atoms with van der Waals surface area (Å²) in [5, 5.41) is 0. The molecular weight excluding hydrogens is 158 g/mol. The molecule has 0 aliphatic heterocycles. The Balaban J connectivity index is 2.36. The maximum atomic E-state index is 2.34. The molecule has 2 rings (SSSR count). The smallest absolute Gasteiger partial charge is 0.0393 e. The molecule has 1 aliphatic rings. The van der Waals surface area contributed by atoms with E-state index in [4.69, 9.17) is 0 Å². The van der Waals surface area contributed by atoms with Crippen LogP contribution in [0.25, 0.3) is 0 Å². The van der Waals surface area contributed by atoms with Gasteiger partial charge in [-0.2, -0.15) is 0 Å². The molecule has 0 heterocycles. The molecule has 0 atom stereocenters. The Kier molecular flexibility index (Phi) is 2.03. The van der Waals surface area contributed by atoms with Crippen molar-refractivity contribution in [2.75, 3.05) is 19.0 Å². The van der Waals surface area contributed by atoms with E-state index >= 15 is 0 Å². The summed E-state index contributed by atoms with van der Waals surface area (Å²) < 4.78 is 0. The first kappa shape index (κ1) is 8.61. The molecule has 0 aromatic heterocycles. The van der Waals surface area contributed by atoms with Gasteiger partial charge in [0.25, 0.3) is 0 Å². The van der Waals surface area contributed by atoms with E-state index in [1.54, 1.807) is 0 Å². The Labute approximate surface area is 80.4 Å². The SMILES string of the molecule is Cc1ccc(C2CC2)cc1N(C)C. The van der Waals surface area contributed by atoms with Crippen LogP contribution in [0.3, 0.4) is 0 Å². The number of aryl methyl sites for hydroxylation is 1. The molecule has 1 aliphatic carbocycles. The summed E-state index contributed by atoms with van der Waals surface area (Å²) in [5.74, 6) is 0.860. The van der Waals surface area contributed by atoms with Crippen LogP contribution < -0.4 is 4.90 Å². The van der Waals surface area contributed by atoms with Crippen molar-refractivity contribution >= 4 is 5.69 Å². The van der Waals surface area contributed by atoms with E-state index in [9.17, 15) is 0 Å². The van der Waals surface area contributed by atoms with Crippen molar-refractivity contribution in [2.24, 2.45) is 0 Å².